The van der Waals surface area contributed by atoms with Crippen LogP contribution in [0, 0.1) is 6.92 Å². The molecule has 5 heteroatoms. The lowest BCUT2D eigenvalue weighted by atomic mass is 10.2. The normalized spacial score (nSPS) is 10.7. The van der Waals surface area contributed by atoms with Crippen LogP contribution in [-0.2, 0) is 0 Å². The fourth-order valence-corrected chi connectivity index (χ4v) is 1.96. The minimum atomic E-state index is 0.613. The molecule has 1 heterocycles. The molecule has 0 spiro atoms. The van der Waals surface area contributed by atoms with Crippen LogP contribution in [0.15, 0.2) is 36.5 Å². The Labute approximate surface area is 126 Å². The molecule has 0 atom stereocenters. The molecule has 0 saturated carbocycles. The molecule has 0 aliphatic carbocycles. The highest BCUT2D eigenvalue weighted by Gasteiger charge is 2.02. The summed E-state index contributed by atoms with van der Waals surface area (Å²) in [6, 6.07) is 9.99. The first kappa shape index (κ1) is 15.3. The third-order valence-corrected chi connectivity index (χ3v) is 3.14. The van der Waals surface area contributed by atoms with E-state index in [2.05, 4.69) is 52.6 Å². The molecule has 2 rings (SSSR count). The number of rotatable bonds is 7. The molecule has 0 saturated heterocycles. The van der Waals surface area contributed by atoms with E-state index in [9.17, 15) is 0 Å². The predicted octanol–water partition coefficient (Wildman–Crippen LogP) is 2.89. The van der Waals surface area contributed by atoms with Crippen LogP contribution in [0.1, 0.15) is 12.0 Å². The molecule has 0 fully saturated rings. The topological polar surface area (TPSA) is 53.1 Å². The Morgan fingerprint density at radius 2 is 1.95 bits per heavy atom. The second-order valence-electron chi connectivity index (χ2n) is 5.29. The molecule has 1 aromatic carbocycles. The number of hydrogen-bond donors (Lipinski definition) is 2. The summed E-state index contributed by atoms with van der Waals surface area (Å²) in [7, 11) is 4.16. The molecule has 0 unspecified atom stereocenters. The highest BCUT2D eigenvalue weighted by Crippen LogP contribution is 2.17. The highest BCUT2D eigenvalue weighted by atomic mass is 15.1. The minimum Gasteiger partial charge on any atom is -0.370 e. The van der Waals surface area contributed by atoms with Gasteiger partial charge in [0.15, 0.2) is 0 Å². The summed E-state index contributed by atoms with van der Waals surface area (Å²) < 4.78 is 0. The van der Waals surface area contributed by atoms with Crippen LogP contribution in [-0.4, -0.2) is 42.1 Å². The van der Waals surface area contributed by atoms with E-state index in [0.29, 0.717) is 5.95 Å². The number of nitrogens with zero attached hydrogens (tertiary/aromatic N) is 3. The van der Waals surface area contributed by atoms with Crippen molar-refractivity contribution in [3.05, 3.63) is 42.1 Å². The van der Waals surface area contributed by atoms with Gasteiger partial charge in [0.1, 0.15) is 5.82 Å². The van der Waals surface area contributed by atoms with E-state index in [4.69, 9.17) is 0 Å². The Bertz CT molecular complexity index is 568. The van der Waals surface area contributed by atoms with Crippen LogP contribution in [0.3, 0.4) is 0 Å². The second kappa shape index (κ2) is 7.59. The van der Waals surface area contributed by atoms with Crippen molar-refractivity contribution in [1.29, 1.82) is 0 Å². The van der Waals surface area contributed by atoms with Crippen LogP contribution in [0.2, 0.25) is 0 Å². The summed E-state index contributed by atoms with van der Waals surface area (Å²) in [6.07, 6.45) is 2.85. The predicted molar refractivity (Wildman–Crippen MR) is 88.2 cm³/mol. The Balaban J connectivity index is 1.93. The van der Waals surface area contributed by atoms with Crippen molar-refractivity contribution >= 4 is 17.5 Å². The van der Waals surface area contributed by atoms with E-state index >= 15 is 0 Å². The summed E-state index contributed by atoms with van der Waals surface area (Å²) >= 11 is 0. The van der Waals surface area contributed by atoms with Gasteiger partial charge >= 0.3 is 0 Å². The van der Waals surface area contributed by atoms with Gasteiger partial charge in [0.25, 0.3) is 0 Å². The molecule has 0 radical (unpaired) electrons. The Morgan fingerprint density at radius 1 is 1.14 bits per heavy atom. The molecule has 5 nitrogen and oxygen atoms in total. The molecule has 1 aromatic heterocycles. The monoisotopic (exact) mass is 285 g/mol. The Kier molecular flexibility index (Phi) is 5.51. The zero-order valence-corrected chi connectivity index (χ0v) is 12.9. The van der Waals surface area contributed by atoms with Gasteiger partial charge in [-0.2, -0.15) is 4.98 Å². The van der Waals surface area contributed by atoms with E-state index in [0.717, 1.165) is 31.0 Å². The number of para-hydroxylation sites is 1. The fraction of sp³-hybridized carbons (Fsp3) is 0.375. The lowest BCUT2D eigenvalue weighted by Crippen LogP contribution is -2.16. The highest BCUT2D eigenvalue weighted by molar-refractivity contribution is 5.58. The van der Waals surface area contributed by atoms with Crippen molar-refractivity contribution in [2.75, 3.05) is 37.8 Å². The van der Waals surface area contributed by atoms with Crippen LogP contribution in [0.4, 0.5) is 17.5 Å². The third kappa shape index (κ3) is 5.04. The van der Waals surface area contributed by atoms with Crippen LogP contribution in [0.5, 0.6) is 0 Å². The van der Waals surface area contributed by atoms with Gasteiger partial charge in [-0.05, 0) is 51.7 Å². The van der Waals surface area contributed by atoms with Crippen molar-refractivity contribution in [3.63, 3.8) is 0 Å². The maximum atomic E-state index is 4.48. The van der Waals surface area contributed by atoms with E-state index in [1.165, 1.54) is 5.56 Å². The Hall–Kier alpha value is -2.14. The van der Waals surface area contributed by atoms with Crippen LogP contribution < -0.4 is 10.6 Å². The molecule has 0 aliphatic rings. The second-order valence-corrected chi connectivity index (χ2v) is 5.29. The van der Waals surface area contributed by atoms with Crippen molar-refractivity contribution in [2.45, 2.75) is 13.3 Å². The molecule has 0 aliphatic heterocycles. The SMILES string of the molecule is Cc1ccccc1Nc1nccc(NCCCN(C)C)n1. The number of aromatic nitrogens is 2. The lowest BCUT2D eigenvalue weighted by molar-refractivity contribution is 0.405. The molecule has 2 N–H and O–H groups in total. The minimum absolute atomic E-state index is 0.613. The van der Waals surface area contributed by atoms with Gasteiger partial charge in [-0.1, -0.05) is 18.2 Å². The number of benzene rings is 1. The summed E-state index contributed by atoms with van der Waals surface area (Å²) in [5.41, 5.74) is 2.20. The van der Waals surface area contributed by atoms with Crippen molar-refractivity contribution in [1.82, 2.24) is 14.9 Å². The van der Waals surface area contributed by atoms with E-state index in [-0.39, 0.29) is 0 Å². The first-order chi connectivity index (χ1) is 10.1. The largest absolute Gasteiger partial charge is 0.370 e. The van der Waals surface area contributed by atoms with Gasteiger partial charge in [0.2, 0.25) is 5.95 Å². The molecule has 0 bridgehead atoms. The van der Waals surface area contributed by atoms with Gasteiger partial charge in [-0.3, -0.25) is 0 Å². The van der Waals surface area contributed by atoms with Gasteiger partial charge in [-0.25, -0.2) is 4.98 Å². The zero-order chi connectivity index (χ0) is 15.1. The number of hydrogen-bond acceptors (Lipinski definition) is 5. The van der Waals surface area contributed by atoms with E-state index < -0.39 is 0 Å². The molecule has 2 aromatic rings. The van der Waals surface area contributed by atoms with Crippen LogP contribution in [0.25, 0.3) is 0 Å². The first-order valence-electron chi connectivity index (χ1n) is 7.19. The average Bonchev–Trinajstić information content (AvgIpc) is 2.46. The van der Waals surface area contributed by atoms with Gasteiger partial charge in [0, 0.05) is 18.4 Å². The Morgan fingerprint density at radius 3 is 2.71 bits per heavy atom. The summed E-state index contributed by atoms with van der Waals surface area (Å²) in [6.45, 7) is 4.02. The maximum absolute atomic E-state index is 4.48. The van der Waals surface area contributed by atoms with Crippen molar-refractivity contribution in [3.8, 4) is 0 Å². The number of anilines is 3. The summed E-state index contributed by atoms with van der Waals surface area (Å²) in [4.78, 5) is 10.9. The van der Waals surface area contributed by atoms with E-state index in [1.807, 2.05) is 24.3 Å². The van der Waals surface area contributed by atoms with E-state index in [1.54, 1.807) is 6.20 Å². The average molecular weight is 285 g/mol. The van der Waals surface area contributed by atoms with Gasteiger partial charge in [0.05, 0.1) is 0 Å². The molecule has 0 amide bonds. The third-order valence-electron chi connectivity index (χ3n) is 3.14. The molecule has 112 valence electrons. The summed E-state index contributed by atoms with van der Waals surface area (Å²) in [5, 5.41) is 6.57. The summed E-state index contributed by atoms with van der Waals surface area (Å²) in [5.74, 6) is 1.46. The smallest absolute Gasteiger partial charge is 0.229 e. The van der Waals surface area contributed by atoms with Crippen LogP contribution >= 0.6 is 0 Å². The van der Waals surface area contributed by atoms with Crippen molar-refractivity contribution < 1.29 is 0 Å². The fourth-order valence-electron chi connectivity index (χ4n) is 1.96. The number of nitrogens with one attached hydrogen (secondary N) is 2. The molecule has 21 heavy (non-hydrogen) atoms. The van der Waals surface area contributed by atoms with Gasteiger partial charge in [-0.15, -0.1) is 0 Å². The molecular weight excluding hydrogens is 262 g/mol. The lowest BCUT2D eigenvalue weighted by Gasteiger charge is -2.11. The molecular formula is C16H23N5. The standard InChI is InChI=1S/C16H23N5/c1-13-7-4-5-8-14(13)19-16-18-11-9-15(20-16)17-10-6-12-21(2)3/h4-5,7-9,11H,6,10,12H2,1-3H3,(H2,17,18,19,20). The first-order valence-corrected chi connectivity index (χ1v) is 7.19. The van der Waals surface area contributed by atoms with Crippen molar-refractivity contribution in [2.24, 2.45) is 0 Å². The zero-order valence-electron chi connectivity index (χ0n) is 12.9. The number of aryl methyl sites for hydroxylation is 1. The maximum Gasteiger partial charge on any atom is 0.229 e. The van der Waals surface area contributed by atoms with Gasteiger partial charge < -0.3 is 15.5 Å². The quantitative estimate of drug-likeness (QED) is 0.766.